The lowest BCUT2D eigenvalue weighted by molar-refractivity contribution is 0.333. The molecular formula is C71H55N. The molecule has 344 valence electrons. The zero-order valence-corrected chi connectivity index (χ0v) is 41.4. The predicted octanol–water partition coefficient (Wildman–Crippen LogP) is 19.2. The van der Waals surface area contributed by atoms with Gasteiger partial charge in [-0.1, -0.05) is 222 Å². The van der Waals surface area contributed by atoms with Gasteiger partial charge in [-0.15, -0.1) is 0 Å². The molecular weight excluding hydrogens is 867 g/mol. The van der Waals surface area contributed by atoms with Gasteiger partial charge < -0.3 is 4.90 Å². The topological polar surface area (TPSA) is 3.24 Å². The first-order chi connectivity index (χ1) is 35.2. The van der Waals surface area contributed by atoms with Crippen molar-refractivity contribution in [1.82, 2.24) is 0 Å². The molecule has 1 heteroatoms. The van der Waals surface area contributed by atoms with Crippen LogP contribution in [-0.4, -0.2) is 0 Å². The summed E-state index contributed by atoms with van der Waals surface area (Å²) in [5.41, 5.74) is 23.9. The fourth-order valence-corrected chi connectivity index (χ4v) is 13.4. The Kier molecular flexibility index (Phi) is 9.39. The normalized spacial score (nSPS) is 15.2. The molecule has 0 saturated carbocycles. The van der Waals surface area contributed by atoms with E-state index in [0.29, 0.717) is 0 Å². The molecule has 0 saturated heterocycles. The van der Waals surface area contributed by atoms with Gasteiger partial charge in [-0.2, -0.15) is 0 Å². The lowest BCUT2D eigenvalue weighted by Gasteiger charge is -2.43. The van der Waals surface area contributed by atoms with Crippen LogP contribution in [0.5, 0.6) is 0 Å². The third-order valence-electron chi connectivity index (χ3n) is 16.9. The highest BCUT2D eigenvalue weighted by Crippen LogP contribution is 2.65. The van der Waals surface area contributed by atoms with Crippen molar-refractivity contribution < 1.29 is 0 Å². The lowest BCUT2D eigenvalue weighted by atomic mass is 9.61. The molecule has 0 bridgehead atoms. The summed E-state index contributed by atoms with van der Waals surface area (Å²) in [5, 5.41) is 5.07. The lowest BCUT2D eigenvalue weighted by Crippen LogP contribution is -2.34. The van der Waals surface area contributed by atoms with Gasteiger partial charge in [-0.3, -0.25) is 0 Å². The summed E-state index contributed by atoms with van der Waals surface area (Å²) in [7, 11) is 0. The molecule has 0 atom stereocenters. The summed E-state index contributed by atoms with van der Waals surface area (Å²) in [5.74, 6) is 0. The van der Waals surface area contributed by atoms with Crippen LogP contribution in [0.3, 0.4) is 0 Å². The minimum absolute atomic E-state index is 0.0351. The maximum Gasteiger partial charge on any atom is 0.0726 e. The number of hydrogen-bond donors (Lipinski definition) is 0. The van der Waals surface area contributed by atoms with E-state index in [1.54, 1.807) is 0 Å². The molecule has 0 heterocycles. The smallest absolute Gasteiger partial charge is 0.0726 e. The largest absolute Gasteiger partial charge is 0.310 e. The molecule has 11 aromatic rings. The molecule has 14 rings (SSSR count). The molecule has 0 unspecified atom stereocenters. The van der Waals surface area contributed by atoms with Crippen molar-refractivity contribution in [2.24, 2.45) is 0 Å². The number of benzene rings is 11. The zero-order valence-electron chi connectivity index (χ0n) is 41.4. The first kappa shape index (κ1) is 42.6. The first-order valence-electron chi connectivity index (χ1n) is 25.8. The Morgan fingerprint density at radius 3 is 1.44 bits per heavy atom. The van der Waals surface area contributed by atoms with Gasteiger partial charge >= 0.3 is 0 Å². The van der Waals surface area contributed by atoms with Crippen molar-refractivity contribution in [2.45, 2.75) is 56.8 Å². The summed E-state index contributed by atoms with van der Waals surface area (Å²) in [4.78, 5) is 2.57. The van der Waals surface area contributed by atoms with Gasteiger partial charge in [0.25, 0.3) is 0 Å². The van der Waals surface area contributed by atoms with Gasteiger partial charge in [0.1, 0.15) is 0 Å². The second kappa shape index (κ2) is 15.9. The molecule has 0 radical (unpaired) electrons. The van der Waals surface area contributed by atoms with Crippen LogP contribution in [0.15, 0.2) is 237 Å². The molecule has 11 aromatic carbocycles. The zero-order chi connectivity index (χ0) is 48.3. The van der Waals surface area contributed by atoms with Crippen LogP contribution < -0.4 is 4.90 Å². The van der Waals surface area contributed by atoms with Crippen LogP contribution in [0.2, 0.25) is 0 Å². The average Bonchev–Trinajstić information content (AvgIpc) is 3.89. The van der Waals surface area contributed by atoms with Gasteiger partial charge in [0.15, 0.2) is 0 Å². The van der Waals surface area contributed by atoms with E-state index in [9.17, 15) is 0 Å². The van der Waals surface area contributed by atoms with Crippen LogP contribution >= 0.6 is 0 Å². The van der Waals surface area contributed by atoms with E-state index in [1.807, 2.05) is 0 Å². The van der Waals surface area contributed by atoms with E-state index in [4.69, 9.17) is 0 Å². The standard InChI is InChI=1S/C71H55N/c1-69(2)41-42-70(3,4)68-58(28-18-32-65(68)69)61-44-60-57-27-14-17-31-64(57)71(62-29-15-12-25-55(62)56-26-13-16-30-63(56)71)66(60)45-67(61)72(50-37-33-47(34-38-50)46-19-6-5-7-20-46)51-39-35-48(36-40-51)59-43-49-21-8-9-22-52(49)53-23-10-11-24-54(53)59/h5-40,43-45H,41-42H2,1-4H3. The number of anilines is 3. The van der Waals surface area contributed by atoms with Crippen LogP contribution in [0, 0.1) is 0 Å². The number of rotatable bonds is 6. The summed E-state index contributed by atoms with van der Waals surface area (Å²) in [6.45, 7) is 9.85. The van der Waals surface area contributed by atoms with E-state index < -0.39 is 5.41 Å². The Labute approximate surface area is 423 Å². The highest BCUT2D eigenvalue weighted by molar-refractivity contribution is 6.14. The molecule has 0 fully saturated rings. The summed E-state index contributed by atoms with van der Waals surface area (Å²) < 4.78 is 0. The molecule has 1 spiro atoms. The summed E-state index contributed by atoms with van der Waals surface area (Å²) in [6.07, 6.45) is 2.28. The average molecular weight is 922 g/mol. The fraction of sp³-hybridized carbons (Fsp3) is 0.127. The van der Waals surface area contributed by atoms with E-state index in [1.165, 1.54) is 116 Å². The fourth-order valence-electron chi connectivity index (χ4n) is 13.4. The van der Waals surface area contributed by atoms with Crippen LogP contribution in [-0.2, 0) is 16.2 Å². The quantitative estimate of drug-likeness (QED) is 0.150. The Morgan fingerprint density at radius 2 is 0.792 bits per heavy atom. The van der Waals surface area contributed by atoms with E-state index in [-0.39, 0.29) is 10.8 Å². The monoisotopic (exact) mass is 921 g/mol. The van der Waals surface area contributed by atoms with Crippen molar-refractivity contribution in [3.8, 4) is 55.6 Å². The van der Waals surface area contributed by atoms with Crippen molar-refractivity contribution >= 4 is 38.6 Å². The first-order valence-corrected chi connectivity index (χ1v) is 25.8. The van der Waals surface area contributed by atoms with Crippen molar-refractivity contribution in [1.29, 1.82) is 0 Å². The minimum atomic E-state index is -0.506. The Balaban J connectivity index is 1.07. The molecule has 0 amide bonds. The van der Waals surface area contributed by atoms with Gasteiger partial charge in [-0.25, -0.2) is 0 Å². The minimum Gasteiger partial charge on any atom is -0.310 e. The Hall–Kier alpha value is -8.26. The maximum atomic E-state index is 2.61. The molecule has 72 heavy (non-hydrogen) atoms. The van der Waals surface area contributed by atoms with Crippen molar-refractivity contribution in [2.75, 3.05) is 4.90 Å². The van der Waals surface area contributed by atoms with Crippen LogP contribution in [0.25, 0.3) is 77.2 Å². The molecule has 0 N–H and O–H groups in total. The summed E-state index contributed by atoms with van der Waals surface area (Å²) in [6, 6.07) is 89.5. The molecule has 3 aliphatic carbocycles. The molecule has 0 aromatic heterocycles. The van der Waals surface area contributed by atoms with E-state index >= 15 is 0 Å². The highest BCUT2D eigenvalue weighted by Gasteiger charge is 2.52. The molecule has 3 aliphatic rings. The molecule has 1 nitrogen and oxygen atoms in total. The SMILES string of the molecule is CC1(C)CCC(C)(C)c2c(-c3cc4c(cc3N(c3ccc(-c5ccccc5)cc3)c3ccc(-c5cc6ccccc6c6ccccc56)cc3)C3(c5ccccc5-c5ccccc53)c3ccccc3-4)cccc21. The van der Waals surface area contributed by atoms with Crippen LogP contribution in [0.4, 0.5) is 17.1 Å². The van der Waals surface area contributed by atoms with E-state index in [2.05, 4.69) is 269 Å². The number of fused-ring (bicyclic) bond motifs is 14. The Morgan fingerprint density at radius 1 is 0.306 bits per heavy atom. The van der Waals surface area contributed by atoms with E-state index in [0.717, 1.165) is 24.2 Å². The van der Waals surface area contributed by atoms with Gasteiger partial charge in [0, 0.05) is 16.9 Å². The maximum absolute atomic E-state index is 2.61. The van der Waals surface area contributed by atoms with Gasteiger partial charge in [-0.05, 0) is 171 Å². The number of nitrogens with zero attached hydrogens (tertiary/aromatic N) is 1. The van der Waals surface area contributed by atoms with Crippen LogP contribution in [0.1, 0.15) is 73.9 Å². The highest BCUT2D eigenvalue weighted by atomic mass is 15.1. The van der Waals surface area contributed by atoms with Gasteiger partial charge in [0.2, 0.25) is 0 Å². The predicted molar refractivity (Wildman–Crippen MR) is 304 cm³/mol. The second-order valence-corrected chi connectivity index (χ2v) is 21.8. The van der Waals surface area contributed by atoms with Crippen molar-refractivity contribution in [3.63, 3.8) is 0 Å². The molecule has 0 aliphatic heterocycles. The van der Waals surface area contributed by atoms with Crippen molar-refractivity contribution in [3.05, 3.63) is 270 Å². The summed E-state index contributed by atoms with van der Waals surface area (Å²) >= 11 is 0. The second-order valence-electron chi connectivity index (χ2n) is 21.8. The third kappa shape index (κ3) is 6.20. The third-order valence-corrected chi connectivity index (χ3v) is 16.9. The number of hydrogen-bond acceptors (Lipinski definition) is 1. The Bertz CT molecular complexity index is 3920. The van der Waals surface area contributed by atoms with Gasteiger partial charge in [0.05, 0.1) is 11.1 Å².